The summed E-state index contributed by atoms with van der Waals surface area (Å²) in [5.41, 5.74) is 0. The van der Waals surface area contributed by atoms with E-state index in [9.17, 15) is 30.8 Å². The molecular weight excluding hydrogens is 416 g/mol. The molecule has 0 atom stereocenters. The van der Waals surface area contributed by atoms with E-state index in [1.165, 1.54) is 21.3 Å². The summed E-state index contributed by atoms with van der Waals surface area (Å²) in [5, 5.41) is 0. The van der Waals surface area contributed by atoms with Gasteiger partial charge in [0.2, 0.25) is 21.7 Å². The molecule has 0 radical (unpaired) electrons. The van der Waals surface area contributed by atoms with Crippen LogP contribution < -0.4 is 4.74 Å². The zero-order valence-corrected chi connectivity index (χ0v) is 15.8. The van der Waals surface area contributed by atoms with E-state index in [1.807, 2.05) is 0 Å². The van der Waals surface area contributed by atoms with Gasteiger partial charge in [-0.05, 0) is 12.1 Å². The first kappa shape index (κ1) is 21.1. The fraction of sp³-hybridized carbons (Fsp3) is 0.278. The van der Waals surface area contributed by atoms with Crippen LogP contribution in [0.2, 0.25) is 0 Å². The van der Waals surface area contributed by atoms with E-state index in [2.05, 4.69) is 4.74 Å². The quantitative estimate of drug-likeness (QED) is 0.537. The highest BCUT2D eigenvalue weighted by molar-refractivity contribution is 7.89. The van der Waals surface area contributed by atoms with Crippen molar-refractivity contribution < 1.29 is 35.5 Å². The summed E-state index contributed by atoms with van der Waals surface area (Å²) in [5.74, 6) is -8.80. The normalized spacial score (nSPS) is 15.4. The zero-order chi connectivity index (χ0) is 21.2. The van der Waals surface area contributed by atoms with Crippen molar-refractivity contribution in [1.29, 1.82) is 0 Å². The zero-order valence-electron chi connectivity index (χ0n) is 14.9. The van der Waals surface area contributed by atoms with Crippen LogP contribution in [0.4, 0.5) is 17.6 Å². The highest BCUT2D eigenvalue weighted by atomic mass is 32.2. The second kappa shape index (κ2) is 8.37. The molecule has 0 aromatic heterocycles. The summed E-state index contributed by atoms with van der Waals surface area (Å²) >= 11 is 0. The van der Waals surface area contributed by atoms with Gasteiger partial charge in [-0.2, -0.15) is 13.1 Å². The van der Waals surface area contributed by atoms with E-state index in [-0.39, 0.29) is 37.1 Å². The number of piperazine rings is 1. The van der Waals surface area contributed by atoms with E-state index in [0.717, 1.165) is 0 Å². The van der Waals surface area contributed by atoms with Gasteiger partial charge in [-0.3, -0.25) is 4.79 Å². The summed E-state index contributed by atoms with van der Waals surface area (Å²) < 4.78 is 84.5. The predicted molar refractivity (Wildman–Crippen MR) is 93.5 cm³/mol. The first-order valence-corrected chi connectivity index (χ1v) is 9.94. The third kappa shape index (κ3) is 4.35. The molecule has 0 saturated carbocycles. The maximum Gasteiger partial charge on any atom is 0.260 e. The second-order valence-corrected chi connectivity index (χ2v) is 8.12. The summed E-state index contributed by atoms with van der Waals surface area (Å²) in [7, 11) is -3.71. The van der Waals surface area contributed by atoms with E-state index in [1.54, 1.807) is 18.2 Å². The molecule has 3 rings (SSSR count). The maximum atomic E-state index is 13.6. The number of carbonyl (C=O) groups is 1. The number of halogens is 4. The van der Waals surface area contributed by atoms with Gasteiger partial charge >= 0.3 is 0 Å². The monoisotopic (exact) mass is 432 g/mol. The smallest absolute Gasteiger partial charge is 0.260 e. The molecule has 0 N–H and O–H groups in total. The summed E-state index contributed by atoms with van der Waals surface area (Å²) in [6.07, 6.45) is 0. The fourth-order valence-electron chi connectivity index (χ4n) is 2.82. The molecular formula is C18H16F4N2O4S. The van der Waals surface area contributed by atoms with Crippen LogP contribution in [-0.2, 0) is 14.8 Å². The van der Waals surface area contributed by atoms with Crippen molar-refractivity contribution in [1.82, 2.24) is 9.21 Å². The molecule has 6 nitrogen and oxygen atoms in total. The minimum atomic E-state index is -3.71. The molecule has 29 heavy (non-hydrogen) atoms. The van der Waals surface area contributed by atoms with Gasteiger partial charge in [0.1, 0.15) is 0 Å². The minimum absolute atomic E-state index is 0.0142. The van der Waals surface area contributed by atoms with Gasteiger partial charge in [-0.25, -0.2) is 17.2 Å². The lowest BCUT2D eigenvalue weighted by atomic mass is 10.3. The number of carbonyl (C=O) groups excluding carboxylic acids is 1. The molecule has 1 aliphatic heterocycles. The number of rotatable bonds is 5. The topological polar surface area (TPSA) is 66.9 Å². The number of hydrogen-bond donors (Lipinski definition) is 0. The number of sulfonamides is 1. The minimum Gasteiger partial charge on any atom is -0.477 e. The Balaban J connectivity index is 1.60. The third-order valence-electron chi connectivity index (χ3n) is 4.38. The Morgan fingerprint density at radius 2 is 1.48 bits per heavy atom. The number of hydrogen-bond acceptors (Lipinski definition) is 4. The molecule has 11 heteroatoms. The Kier molecular flexibility index (Phi) is 6.08. The SMILES string of the molecule is O=C(COc1c(F)c(F)cc(F)c1F)N1CCN(S(=O)(=O)c2ccccc2)CC1. The molecule has 0 aliphatic carbocycles. The molecule has 1 amide bonds. The van der Waals surface area contributed by atoms with Crippen molar-refractivity contribution in [3.8, 4) is 5.75 Å². The highest BCUT2D eigenvalue weighted by Crippen LogP contribution is 2.26. The van der Waals surface area contributed by atoms with Gasteiger partial charge in [0.05, 0.1) is 4.90 Å². The van der Waals surface area contributed by atoms with Crippen LogP contribution in [0, 0.1) is 23.3 Å². The molecule has 0 bridgehead atoms. The number of nitrogens with zero attached hydrogens (tertiary/aromatic N) is 2. The highest BCUT2D eigenvalue weighted by Gasteiger charge is 2.30. The van der Waals surface area contributed by atoms with Crippen LogP contribution in [0.15, 0.2) is 41.3 Å². The van der Waals surface area contributed by atoms with Crippen LogP contribution in [-0.4, -0.2) is 56.3 Å². The molecule has 1 fully saturated rings. The molecule has 0 unspecified atom stereocenters. The van der Waals surface area contributed by atoms with Crippen LogP contribution >= 0.6 is 0 Å². The predicted octanol–water partition coefficient (Wildman–Crippen LogP) is 2.15. The second-order valence-electron chi connectivity index (χ2n) is 6.18. The molecule has 0 spiro atoms. The number of benzene rings is 2. The van der Waals surface area contributed by atoms with Gasteiger partial charge < -0.3 is 9.64 Å². The van der Waals surface area contributed by atoms with Crippen molar-refractivity contribution in [2.75, 3.05) is 32.8 Å². The van der Waals surface area contributed by atoms with Crippen LogP contribution in [0.3, 0.4) is 0 Å². The average molecular weight is 432 g/mol. The van der Waals surface area contributed by atoms with Gasteiger partial charge in [-0.1, -0.05) is 18.2 Å². The van der Waals surface area contributed by atoms with E-state index in [4.69, 9.17) is 0 Å². The van der Waals surface area contributed by atoms with Crippen LogP contribution in [0.25, 0.3) is 0 Å². The standard InChI is InChI=1S/C18H16F4N2O4S/c19-13-10-14(20)17(22)18(16(13)21)28-11-15(25)23-6-8-24(9-7-23)29(26,27)12-4-2-1-3-5-12/h1-5,10H,6-9,11H2. The first-order valence-electron chi connectivity index (χ1n) is 8.50. The Morgan fingerprint density at radius 3 is 2.03 bits per heavy atom. The van der Waals surface area contributed by atoms with Gasteiger partial charge in [0.15, 0.2) is 24.0 Å². The van der Waals surface area contributed by atoms with Crippen LogP contribution in [0.1, 0.15) is 0 Å². The maximum absolute atomic E-state index is 13.6. The Bertz CT molecular complexity index is 984. The Labute approximate surface area is 164 Å². The Hall–Kier alpha value is -2.66. The van der Waals surface area contributed by atoms with E-state index < -0.39 is 51.6 Å². The molecule has 1 heterocycles. The van der Waals surface area contributed by atoms with Crippen molar-refractivity contribution in [3.63, 3.8) is 0 Å². The van der Waals surface area contributed by atoms with E-state index in [0.29, 0.717) is 0 Å². The molecule has 1 saturated heterocycles. The lowest BCUT2D eigenvalue weighted by Gasteiger charge is -2.34. The largest absolute Gasteiger partial charge is 0.477 e. The molecule has 2 aromatic rings. The van der Waals surface area contributed by atoms with Crippen molar-refractivity contribution >= 4 is 15.9 Å². The summed E-state index contributed by atoms with van der Waals surface area (Å²) in [6.45, 7) is -0.782. The summed E-state index contributed by atoms with van der Waals surface area (Å²) in [4.78, 5) is 13.6. The lowest BCUT2D eigenvalue weighted by Crippen LogP contribution is -2.51. The van der Waals surface area contributed by atoms with Gasteiger partial charge in [0, 0.05) is 32.2 Å². The lowest BCUT2D eigenvalue weighted by molar-refractivity contribution is -0.134. The van der Waals surface area contributed by atoms with Crippen molar-refractivity contribution in [2.45, 2.75) is 4.90 Å². The number of ether oxygens (including phenoxy) is 1. The van der Waals surface area contributed by atoms with Crippen molar-refractivity contribution in [3.05, 3.63) is 59.7 Å². The molecule has 2 aromatic carbocycles. The van der Waals surface area contributed by atoms with Crippen LogP contribution in [0.5, 0.6) is 5.75 Å². The molecule has 156 valence electrons. The summed E-state index contributed by atoms with van der Waals surface area (Å²) in [6, 6.07) is 7.83. The Morgan fingerprint density at radius 1 is 0.931 bits per heavy atom. The average Bonchev–Trinajstić information content (AvgIpc) is 2.73. The van der Waals surface area contributed by atoms with E-state index >= 15 is 0 Å². The van der Waals surface area contributed by atoms with Gasteiger partial charge in [0.25, 0.3) is 5.91 Å². The number of amides is 1. The van der Waals surface area contributed by atoms with Gasteiger partial charge in [-0.15, -0.1) is 0 Å². The molecule has 1 aliphatic rings. The van der Waals surface area contributed by atoms with Crippen molar-refractivity contribution in [2.24, 2.45) is 0 Å². The third-order valence-corrected chi connectivity index (χ3v) is 6.30. The fourth-order valence-corrected chi connectivity index (χ4v) is 4.27. The first-order chi connectivity index (χ1) is 13.7.